The van der Waals surface area contributed by atoms with Crippen molar-refractivity contribution in [2.24, 2.45) is 5.73 Å². The van der Waals surface area contributed by atoms with Crippen LogP contribution >= 0.6 is 0 Å². The van der Waals surface area contributed by atoms with Crippen LogP contribution in [0.5, 0.6) is 5.75 Å². The summed E-state index contributed by atoms with van der Waals surface area (Å²) in [5.41, 5.74) is 6.78. The number of nitrogens with two attached hydrogens (primary N) is 1. The maximum absolute atomic E-state index is 11.9. The van der Waals surface area contributed by atoms with E-state index in [1.807, 2.05) is 52.0 Å². The summed E-state index contributed by atoms with van der Waals surface area (Å²) >= 11 is 0. The Labute approximate surface area is 121 Å². The molecule has 0 aliphatic carbocycles. The zero-order valence-corrected chi connectivity index (χ0v) is 12.9. The van der Waals surface area contributed by atoms with Gasteiger partial charge in [0.15, 0.2) is 6.61 Å². The smallest absolute Gasteiger partial charge is 0.258 e. The Morgan fingerprint density at radius 1 is 1.35 bits per heavy atom. The second-order valence-electron chi connectivity index (χ2n) is 5.63. The Hall–Kier alpha value is -1.55. The van der Waals surface area contributed by atoms with E-state index < -0.39 is 0 Å². The quantitative estimate of drug-likeness (QED) is 0.806. The summed E-state index contributed by atoms with van der Waals surface area (Å²) < 4.78 is 5.62. The lowest BCUT2D eigenvalue weighted by Crippen LogP contribution is -2.44. The number of rotatable bonds is 7. The van der Waals surface area contributed by atoms with Crippen LogP contribution in [-0.2, 0) is 4.79 Å². The first-order valence-electron chi connectivity index (χ1n) is 7.18. The molecule has 0 radical (unpaired) electrons. The van der Waals surface area contributed by atoms with Crippen molar-refractivity contribution in [3.63, 3.8) is 0 Å². The van der Waals surface area contributed by atoms with Gasteiger partial charge in [-0.1, -0.05) is 32.0 Å². The molecule has 0 heterocycles. The number of carbonyl (C=O) groups is 1. The highest BCUT2D eigenvalue weighted by Gasteiger charge is 2.18. The molecule has 0 aromatic heterocycles. The second-order valence-corrected chi connectivity index (χ2v) is 5.63. The summed E-state index contributed by atoms with van der Waals surface area (Å²) in [5, 5.41) is 2.94. The van der Waals surface area contributed by atoms with Crippen LogP contribution in [0.2, 0.25) is 0 Å². The molecule has 112 valence electrons. The first-order valence-corrected chi connectivity index (χ1v) is 7.18. The Bertz CT molecular complexity index is 444. The molecule has 1 atom stereocenters. The molecule has 0 bridgehead atoms. The molecule has 20 heavy (non-hydrogen) atoms. The van der Waals surface area contributed by atoms with Crippen molar-refractivity contribution in [2.75, 3.05) is 6.61 Å². The Kier molecular flexibility index (Phi) is 6.02. The SMILES string of the molecule is CC[C@H](N)c1ccccc1OCC(=O)NC(C)(C)CC. The molecular weight excluding hydrogens is 252 g/mol. The molecule has 4 heteroatoms. The summed E-state index contributed by atoms with van der Waals surface area (Å²) in [5.74, 6) is 0.572. The fourth-order valence-corrected chi connectivity index (χ4v) is 1.78. The van der Waals surface area contributed by atoms with Gasteiger partial charge in [0.2, 0.25) is 0 Å². The monoisotopic (exact) mass is 278 g/mol. The lowest BCUT2D eigenvalue weighted by molar-refractivity contribution is -0.124. The van der Waals surface area contributed by atoms with Gasteiger partial charge in [-0.2, -0.15) is 0 Å². The minimum absolute atomic E-state index is 0.0108. The molecule has 1 aromatic rings. The lowest BCUT2D eigenvalue weighted by atomic mass is 10.0. The Morgan fingerprint density at radius 2 is 2.00 bits per heavy atom. The third-order valence-corrected chi connectivity index (χ3v) is 3.48. The van der Waals surface area contributed by atoms with E-state index in [1.165, 1.54) is 0 Å². The van der Waals surface area contributed by atoms with Crippen molar-refractivity contribution in [3.8, 4) is 5.75 Å². The van der Waals surface area contributed by atoms with Crippen molar-refractivity contribution in [1.29, 1.82) is 0 Å². The van der Waals surface area contributed by atoms with Gasteiger partial charge in [-0.3, -0.25) is 4.79 Å². The standard InChI is InChI=1S/C16H26N2O2/c1-5-13(17)12-9-7-8-10-14(12)20-11-15(19)18-16(3,4)6-2/h7-10,13H,5-6,11,17H2,1-4H3,(H,18,19)/t13-/m0/s1. The highest BCUT2D eigenvalue weighted by atomic mass is 16.5. The van der Waals surface area contributed by atoms with Crippen molar-refractivity contribution in [1.82, 2.24) is 5.32 Å². The molecule has 0 saturated heterocycles. The molecule has 3 N–H and O–H groups in total. The molecule has 1 amide bonds. The highest BCUT2D eigenvalue weighted by molar-refractivity contribution is 5.78. The predicted octanol–water partition coefficient (Wildman–Crippen LogP) is 2.78. The molecule has 1 aromatic carbocycles. The molecule has 1 rings (SSSR count). The molecule has 0 fully saturated rings. The van der Waals surface area contributed by atoms with Gasteiger partial charge in [-0.25, -0.2) is 0 Å². The number of amides is 1. The van der Waals surface area contributed by atoms with E-state index in [4.69, 9.17) is 10.5 Å². The molecule has 0 unspecified atom stereocenters. The first-order chi connectivity index (χ1) is 9.39. The van der Waals surface area contributed by atoms with Crippen LogP contribution < -0.4 is 15.8 Å². The van der Waals surface area contributed by atoms with Gasteiger partial charge in [-0.05, 0) is 32.8 Å². The van der Waals surface area contributed by atoms with E-state index in [9.17, 15) is 4.79 Å². The Morgan fingerprint density at radius 3 is 2.60 bits per heavy atom. The van der Waals surface area contributed by atoms with Crippen LogP contribution in [0.1, 0.15) is 52.1 Å². The molecule has 4 nitrogen and oxygen atoms in total. The minimum atomic E-state index is -0.209. The summed E-state index contributed by atoms with van der Waals surface area (Å²) in [6.45, 7) is 8.06. The number of hydrogen-bond donors (Lipinski definition) is 2. The molecule has 0 spiro atoms. The largest absolute Gasteiger partial charge is 0.483 e. The van der Waals surface area contributed by atoms with Gasteiger partial charge in [0.25, 0.3) is 5.91 Å². The van der Waals surface area contributed by atoms with E-state index in [-0.39, 0.29) is 24.1 Å². The van der Waals surface area contributed by atoms with Crippen molar-refractivity contribution in [2.45, 2.75) is 52.1 Å². The Balaban J connectivity index is 2.64. The van der Waals surface area contributed by atoms with E-state index in [0.717, 1.165) is 18.4 Å². The summed E-state index contributed by atoms with van der Waals surface area (Å²) in [4.78, 5) is 11.9. The van der Waals surface area contributed by atoms with Crippen molar-refractivity contribution in [3.05, 3.63) is 29.8 Å². The van der Waals surface area contributed by atoms with Crippen LogP contribution in [0.15, 0.2) is 24.3 Å². The fourth-order valence-electron chi connectivity index (χ4n) is 1.78. The lowest BCUT2D eigenvalue weighted by Gasteiger charge is -2.24. The fraction of sp³-hybridized carbons (Fsp3) is 0.562. The number of para-hydroxylation sites is 1. The molecule has 0 saturated carbocycles. The van der Waals surface area contributed by atoms with E-state index in [0.29, 0.717) is 5.75 Å². The summed E-state index contributed by atoms with van der Waals surface area (Å²) in [6, 6.07) is 7.54. The summed E-state index contributed by atoms with van der Waals surface area (Å²) in [6.07, 6.45) is 1.70. The predicted molar refractivity (Wildman–Crippen MR) is 81.7 cm³/mol. The van der Waals surface area contributed by atoms with Gasteiger partial charge in [-0.15, -0.1) is 0 Å². The van der Waals surface area contributed by atoms with Crippen LogP contribution in [0.4, 0.5) is 0 Å². The first kappa shape index (κ1) is 16.5. The molecule has 0 aliphatic rings. The number of nitrogens with one attached hydrogen (secondary N) is 1. The normalized spacial score (nSPS) is 12.8. The van der Waals surface area contributed by atoms with E-state index in [2.05, 4.69) is 5.32 Å². The van der Waals surface area contributed by atoms with E-state index in [1.54, 1.807) is 0 Å². The maximum Gasteiger partial charge on any atom is 0.258 e. The number of carbonyl (C=O) groups excluding carboxylic acids is 1. The maximum atomic E-state index is 11.9. The second kappa shape index (κ2) is 7.29. The van der Waals surface area contributed by atoms with Crippen LogP contribution in [0.25, 0.3) is 0 Å². The third kappa shape index (κ3) is 4.85. The topological polar surface area (TPSA) is 64.3 Å². The molecular formula is C16H26N2O2. The average Bonchev–Trinajstić information content (AvgIpc) is 2.44. The van der Waals surface area contributed by atoms with Gasteiger partial charge < -0.3 is 15.8 Å². The van der Waals surface area contributed by atoms with Crippen molar-refractivity contribution >= 4 is 5.91 Å². The van der Waals surface area contributed by atoms with E-state index >= 15 is 0 Å². The zero-order valence-electron chi connectivity index (χ0n) is 12.9. The van der Waals surface area contributed by atoms with Gasteiger partial charge in [0, 0.05) is 17.1 Å². The highest BCUT2D eigenvalue weighted by Crippen LogP contribution is 2.25. The van der Waals surface area contributed by atoms with Crippen LogP contribution in [0.3, 0.4) is 0 Å². The zero-order chi connectivity index (χ0) is 15.2. The molecule has 0 aliphatic heterocycles. The van der Waals surface area contributed by atoms with Crippen LogP contribution in [0, 0.1) is 0 Å². The van der Waals surface area contributed by atoms with Crippen molar-refractivity contribution < 1.29 is 9.53 Å². The third-order valence-electron chi connectivity index (χ3n) is 3.48. The van der Waals surface area contributed by atoms with Crippen LogP contribution in [-0.4, -0.2) is 18.1 Å². The van der Waals surface area contributed by atoms with Gasteiger partial charge in [0.1, 0.15) is 5.75 Å². The van der Waals surface area contributed by atoms with Gasteiger partial charge >= 0.3 is 0 Å². The minimum Gasteiger partial charge on any atom is -0.483 e. The summed E-state index contributed by atoms with van der Waals surface area (Å²) in [7, 11) is 0. The number of ether oxygens (including phenoxy) is 1. The average molecular weight is 278 g/mol. The van der Waals surface area contributed by atoms with Gasteiger partial charge in [0.05, 0.1) is 0 Å². The number of benzene rings is 1. The number of hydrogen-bond acceptors (Lipinski definition) is 3.